The molecular formula is C24H27N3O3. The zero-order chi connectivity index (χ0) is 20.8. The Morgan fingerprint density at radius 1 is 1.20 bits per heavy atom. The molecule has 0 atom stereocenters. The first-order chi connectivity index (χ1) is 14.8. The molecule has 2 aromatic rings. The zero-order valence-corrected chi connectivity index (χ0v) is 17.0. The first-order valence-corrected chi connectivity index (χ1v) is 10.5. The number of aromatic nitrogens is 1. The summed E-state index contributed by atoms with van der Waals surface area (Å²) in [6.45, 7) is 1.44. The van der Waals surface area contributed by atoms with Gasteiger partial charge in [0.1, 0.15) is 0 Å². The van der Waals surface area contributed by atoms with Gasteiger partial charge >= 0.3 is 0 Å². The second-order valence-electron chi connectivity index (χ2n) is 7.69. The number of rotatable bonds is 7. The van der Waals surface area contributed by atoms with Crippen LogP contribution in [-0.4, -0.2) is 42.0 Å². The van der Waals surface area contributed by atoms with Crippen molar-refractivity contribution in [2.24, 2.45) is 4.99 Å². The summed E-state index contributed by atoms with van der Waals surface area (Å²) in [5.74, 6) is 0. The number of aliphatic hydroxyl groups excluding tert-OH is 1. The van der Waals surface area contributed by atoms with Crippen LogP contribution < -0.4 is 15.8 Å². The summed E-state index contributed by atoms with van der Waals surface area (Å²) in [4.78, 5) is 20.8. The third-order valence-electron chi connectivity index (χ3n) is 5.64. The van der Waals surface area contributed by atoms with Crippen LogP contribution in [0.25, 0.3) is 12.2 Å². The number of anilines is 1. The molecule has 0 amide bonds. The molecule has 2 heterocycles. The van der Waals surface area contributed by atoms with E-state index < -0.39 is 0 Å². The number of carbonyl (C=O) groups excluding carboxylic acids is 1. The van der Waals surface area contributed by atoms with Gasteiger partial charge < -0.3 is 15.2 Å². The molecule has 2 N–H and O–H groups in total. The van der Waals surface area contributed by atoms with Crippen molar-refractivity contribution in [3.63, 3.8) is 0 Å². The first-order valence-electron chi connectivity index (χ1n) is 10.5. The Morgan fingerprint density at radius 2 is 2.00 bits per heavy atom. The van der Waals surface area contributed by atoms with E-state index in [9.17, 15) is 9.90 Å². The van der Waals surface area contributed by atoms with Crippen LogP contribution in [0.2, 0.25) is 0 Å². The molecule has 2 aliphatic rings. The zero-order valence-electron chi connectivity index (χ0n) is 17.0. The number of fused-ring (bicyclic) bond motifs is 1. The van der Waals surface area contributed by atoms with Gasteiger partial charge in [-0.05, 0) is 60.6 Å². The lowest BCUT2D eigenvalue weighted by molar-refractivity contribution is 0.0872. The highest BCUT2D eigenvalue weighted by Crippen LogP contribution is 2.15. The van der Waals surface area contributed by atoms with Crippen LogP contribution >= 0.6 is 0 Å². The Labute approximate surface area is 176 Å². The molecule has 4 rings (SSSR count). The fraction of sp³-hybridized carbons (Fsp3) is 0.375. The highest BCUT2D eigenvalue weighted by molar-refractivity contribution is 5.90. The molecule has 1 aromatic heterocycles. The number of nitrogens with one attached hydrogen (secondary N) is 1. The molecular weight excluding hydrogens is 378 g/mol. The number of aliphatic hydroxyl groups is 1. The van der Waals surface area contributed by atoms with E-state index in [0.29, 0.717) is 17.7 Å². The molecule has 6 heteroatoms. The van der Waals surface area contributed by atoms with Gasteiger partial charge in [0.2, 0.25) is 0 Å². The molecule has 1 saturated heterocycles. The molecule has 6 nitrogen and oxygen atoms in total. The smallest absolute Gasteiger partial charge is 0.152 e. The highest BCUT2D eigenvalue weighted by atomic mass is 16.5. The van der Waals surface area contributed by atoms with Crippen molar-refractivity contribution in [1.82, 2.24) is 4.98 Å². The van der Waals surface area contributed by atoms with Gasteiger partial charge in [0.05, 0.1) is 30.4 Å². The lowest BCUT2D eigenvalue weighted by atomic mass is 9.94. The van der Waals surface area contributed by atoms with E-state index in [1.54, 1.807) is 12.5 Å². The maximum atomic E-state index is 11.9. The van der Waals surface area contributed by atoms with Crippen molar-refractivity contribution < 1.29 is 14.6 Å². The second kappa shape index (κ2) is 9.78. The van der Waals surface area contributed by atoms with Gasteiger partial charge in [-0.25, -0.2) is 0 Å². The Bertz CT molecular complexity index is 1040. The average molecular weight is 405 g/mol. The van der Waals surface area contributed by atoms with Crippen LogP contribution in [0, 0.1) is 0 Å². The summed E-state index contributed by atoms with van der Waals surface area (Å²) in [5.41, 5.74) is 4.26. The molecule has 0 bridgehead atoms. The monoisotopic (exact) mass is 405 g/mol. The van der Waals surface area contributed by atoms with Gasteiger partial charge in [-0.15, -0.1) is 0 Å². The third-order valence-corrected chi connectivity index (χ3v) is 5.64. The summed E-state index contributed by atoms with van der Waals surface area (Å²) >= 11 is 0. The lowest BCUT2D eigenvalue weighted by Gasteiger charge is -2.18. The number of hydrogen-bond donors (Lipinski definition) is 2. The van der Waals surface area contributed by atoms with Gasteiger partial charge in [0, 0.05) is 30.2 Å². The standard InChI is InChI=1S/C24H27N3O3/c28-14-19-12-18(11-17-5-6-21(15-29)25-13-17)22-3-1-2-4-23(22)24(19)27-16-26-20-7-9-30-10-8-20/h3-6,12-14,16,20,29H,1-2,7-11,15H2,(H,26,27). The molecule has 0 radical (unpaired) electrons. The van der Waals surface area contributed by atoms with Crippen molar-refractivity contribution >= 4 is 30.5 Å². The Hall–Kier alpha value is -2.83. The number of aldehydes is 1. The van der Waals surface area contributed by atoms with Crippen molar-refractivity contribution in [2.45, 2.75) is 44.8 Å². The van der Waals surface area contributed by atoms with Crippen LogP contribution in [0.3, 0.4) is 0 Å². The molecule has 0 unspecified atom stereocenters. The fourth-order valence-electron chi connectivity index (χ4n) is 4.02. The first kappa shape index (κ1) is 20.4. The van der Waals surface area contributed by atoms with Crippen LogP contribution in [0.15, 0.2) is 29.4 Å². The molecule has 156 valence electrons. The minimum absolute atomic E-state index is 0.0660. The van der Waals surface area contributed by atoms with E-state index in [-0.39, 0.29) is 12.6 Å². The van der Waals surface area contributed by atoms with Gasteiger partial charge in [0.15, 0.2) is 6.29 Å². The minimum Gasteiger partial charge on any atom is -0.390 e. The van der Waals surface area contributed by atoms with Crippen molar-refractivity contribution in [1.29, 1.82) is 0 Å². The quantitative estimate of drug-likeness (QED) is 0.418. The van der Waals surface area contributed by atoms with Gasteiger partial charge in [-0.3, -0.25) is 14.8 Å². The molecule has 1 aliphatic carbocycles. The minimum atomic E-state index is -0.0660. The van der Waals surface area contributed by atoms with E-state index >= 15 is 0 Å². The van der Waals surface area contributed by atoms with E-state index in [2.05, 4.69) is 27.4 Å². The highest BCUT2D eigenvalue weighted by Gasteiger charge is 2.13. The maximum absolute atomic E-state index is 11.9. The SMILES string of the molecule is O=Cc1cc(Cc2ccc(CO)nc2)c2c(c1NC=NC1CCOCC1)=CCCC=2. The topological polar surface area (TPSA) is 83.8 Å². The van der Waals surface area contributed by atoms with E-state index in [1.807, 2.05) is 18.2 Å². The van der Waals surface area contributed by atoms with Gasteiger partial charge in [0.25, 0.3) is 0 Å². The predicted molar refractivity (Wildman–Crippen MR) is 118 cm³/mol. The molecule has 30 heavy (non-hydrogen) atoms. The number of hydrogen-bond acceptors (Lipinski definition) is 5. The number of pyridine rings is 1. The van der Waals surface area contributed by atoms with Gasteiger partial charge in [-0.1, -0.05) is 18.2 Å². The third kappa shape index (κ3) is 4.66. The number of carbonyl (C=O) groups is 1. The van der Waals surface area contributed by atoms with E-state index in [0.717, 1.165) is 67.2 Å². The van der Waals surface area contributed by atoms with Crippen molar-refractivity contribution in [3.8, 4) is 0 Å². The van der Waals surface area contributed by atoms with E-state index in [1.165, 1.54) is 5.22 Å². The van der Waals surface area contributed by atoms with Crippen LogP contribution in [0.5, 0.6) is 0 Å². The van der Waals surface area contributed by atoms with Crippen LogP contribution in [-0.2, 0) is 17.8 Å². The summed E-state index contributed by atoms with van der Waals surface area (Å²) in [6.07, 6.45) is 13.4. The summed E-state index contributed by atoms with van der Waals surface area (Å²) in [7, 11) is 0. The number of aliphatic imine (C=N–C) groups is 1. The molecule has 1 aromatic carbocycles. The molecule has 1 aliphatic heterocycles. The van der Waals surface area contributed by atoms with Crippen LogP contribution in [0.1, 0.15) is 52.9 Å². The predicted octanol–water partition coefficient (Wildman–Crippen LogP) is 1.95. The average Bonchev–Trinajstić information content (AvgIpc) is 2.81. The summed E-state index contributed by atoms with van der Waals surface area (Å²) < 4.78 is 5.38. The van der Waals surface area contributed by atoms with E-state index in [4.69, 9.17) is 4.74 Å². The largest absolute Gasteiger partial charge is 0.390 e. The Kier molecular flexibility index (Phi) is 6.67. The van der Waals surface area contributed by atoms with Gasteiger partial charge in [-0.2, -0.15) is 0 Å². The molecule has 1 fully saturated rings. The summed E-state index contributed by atoms with van der Waals surface area (Å²) in [5, 5.41) is 14.7. The van der Waals surface area contributed by atoms with Crippen molar-refractivity contribution in [2.75, 3.05) is 18.5 Å². The summed E-state index contributed by atoms with van der Waals surface area (Å²) in [6, 6.07) is 6.05. The van der Waals surface area contributed by atoms with Crippen LogP contribution in [0.4, 0.5) is 5.69 Å². The fourth-order valence-corrected chi connectivity index (χ4v) is 4.02. The lowest BCUT2D eigenvalue weighted by Crippen LogP contribution is -2.34. The normalized spacial score (nSPS) is 16.6. The molecule has 0 spiro atoms. The molecule has 0 saturated carbocycles. The Balaban J connectivity index is 1.65. The Morgan fingerprint density at radius 3 is 2.70 bits per heavy atom. The number of benzene rings is 1. The van der Waals surface area contributed by atoms with Crippen molar-refractivity contribution in [3.05, 3.63) is 57.2 Å². The number of nitrogens with zero attached hydrogens (tertiary/aromatic N) is 2. The maximum Gasteiger partial charge on any atom is 0.152 e. The number of ether oxygens (including phenoxy) is 1. The second-order valence-corrected chi connectivity index (χ2v) is 7.69.